The molecule has 1 heterocycles. The molecule has 0 saturated carbocycles. The zero-order chi connectivity index (χ0) is 16.1. The number of aromatic amines is 1. The smallest absolute Gasteiger partial charge is 0.305 e. The lowest BCUT2D eigenvalue weighted by molar-refractivity contribution is -0.137. The number of pyridine rings is 1. The molecule has 0 aliphatic heterocycles. The van der Waals surface area contributed by atoms with Crippen LogP contribution in [0.5, 0.6) is 0 Å². The van der Waals surface area contributed by atoms with Crippen molar-refractivity contribution < 1.29 is 14.7 Å². The van der Waals surface area contributed by atoms with Crippen LogP contribution in [0.1, 0.15) is 34.1 Å². The van der Waals surface area contributed by atoms with Crippen molar-refractivity contribution in [2.75, 3.05) is 0 Å². The number of carbonyl (C=O) groups excluding carboxylic acids is 1. The van der Waals surface area contributed by atoms with E-state index in [9.17, 15) is 14.4 Å². The maximum atomic E-state index is 12.3. The van der Waals surface area contributed by atoms with Gasteiger partial charge in [-0.25, -0.2) is 0 Å². The first-order chi connectivity index (χ1) is 10.5. The fraction of sp³-hybridized carbons (Fsp3) is 0.188. The van der Waals surface area contributed by atoms with Crippen LogP contribution in [0, 0.1) is 6.92 Å². The lowest BCUT2D eigenvalue weighted by Crippen LogP contribution is -2.31. The summed E-state index contributed by atoms with van der Waals surface area (Å²) in [5.74, 6) is -1.50. The lowest BCUT2D eigenvalue weighted by atomic mass is 10.0. The highest BCUT2D eigenvalue weighted by atomic mass is 16.4. The van der Waals surface area contributed by atoms with Gasteiger partial charge < -0.3 is 15.4 Å². The SMILES string of the molecule is Cc1cc(C(=O)NC(CC(=O)O)c2ccccc2)cc(=O)[nH]1. The molecular formula is C16H16N2O4. The molecule has 0 bridgehead atoms. The number of aliphatic carboxylic acids is 1. The van der Waals surface area contributed by atoms with Crippen molar-refractivity contribution >= 4 is 11.9 Å². The quantitative estimate of drug-likeness (QED) is 0.781. The molecule has 0 spiro atoms. The Morgan fingerprint density at radius 2 is 1.91 bits per heavy atom. The highest BCUT2D eigenvalue weighted by Crippen LogP contribution is 2.17. The Labute approximate surface area is 126 Å². The van der Waals surface area contributed by atoms with Gasteiger partial charge in [-0.15, -0.1) is 0 Å². The second-order valence-corrected chi connectivity index (χ2v) is 4.95. The fourth-order valence-corrected chi connectivity index (χ4v) is 2.17. The van der Waals surface area contributed by atoms with Gasteiger partial charge in [0.25, 0.3) is 5.91 Å². The average Bonchev–Trinajstić information content (AvgIpc) is 2.46. The van der Waals surface area contributed by atoms with Crippen LogP contribution in [0.15, 0.2) is 47.3 Å². The van der Waals surface area contributed by atoms with Gasteiger partial charge in [0, 0.05) is 17.3 Å². The van der Waals surface area contributed by atoms with Gasteiger partial charge in [-0.05, 0) is 18.6 Å². The second-order valence-electron chi connectivity index (χ2n) is 4.95. The first kappa shape index (κ1) is 15.5. The van der Waals surface area contributed by atoms with Crippen molar-refractivity contribution in [3.8, 4) is 0 Å². The number of amides is 1. The largest absolute Gasteiger partial charge is 0.481 e. The predicted octanol–water partition coefficient (Wildman–Crippen LogP) is 1.63. The summed E-state index contributed by atoms with van der Waals surface area (Å²) < 4.78 is 0. The third-order valence-corrected chi connectivity index (χ3v) is 3.13. The molecule has 2 aromatic rings. The van der Waals surface area contributed by atoms with E-state index in [4.69, 9.17) is 5.11 Å². The molecule has 0 saturated heterocycles. The standard InChI is InChI=1S/C16H16N2O4/c1-10-7-12(8-14(19)17-10)16(22)18-13(9-15(20)21)11-5-3-2-4-6-11/h2-8,13H,9H2,1H3,(H,17,19)(H,18,22)(H,20,21). The molecule has 1 aromatic carbocycles. The topological polar surface area (TPSA) is 99.3 Å². The van der Waals surface area contributed by atoms with Crippen molar-refractivity contribution in [1.82, 2.24) is 10.3 Å². The number of hydrogen-bond donors (Lipinski definition) is 3. The van der Waals surface area contributed by atoms with Crippen molar-refractivity contribution in [2.24, 2.45) is 0 Å². The molecule has 0 aliphatic carbocycles. The summed E-state index contributed by atoms with van der Waals surface area (Å²) in [5, 5.41) is 11.7. The first-order valence-corrected chi connectivity index (χ1v) is 6.74. The van der Waals surface area contributed by atoms with E-state index in [0.29, 0.717) is 11.3 Å². The molecule has 1 atom stereocenters. The maximum Gasteiger partial charge on any atom is 0.305 e. The highest BCUT2D eigenvalue weighted by Gasteiger charge is 2.19. The number of aryl methyl sites for hydroxylation is 1. The van der Waals surface area contributed by atoms with E-state index < -0.39 is 17.9 Å². The average molecular weight is 300 g/mol. The molecule has 6 heteroatoms. The van der Waals surface area contributed by atoms with Gasteiger partial charge in [-0.2, -0.15) is 0 Å². The number of hydrogen-bond acceptors (Lipinski definition) is 3. The Hall–Kier alpha value is -2.89. The molecule has 114 valence electrons. The number of carbonyl (C=O) groups is 2. The van der Waals surface area contributed by atoms with Crippen LogP contribution in [0.2, 0.25) is 0 Å². The third-order valence-electron chi connectivity index (χ3n) is 3.13. The summed E-state index contributed by atoms with van der Waals surface area (Å²) in [7, 11) is 0. The lowest BCUT2D eigenvalue weighted by Gasteiger charge is -2.17. The molecule has 1 aromatic heterocycles. The Balaban J connectivity index is 2.24. The van der Waals surface area contributed by atoms with E-state index in [1.807, 2.05) is 6.07 Å². The third kappa shape index (κ3) is 4.05. The van der Waals surface area contributed by atoms with Crippen LogP contribution in [-0.2, 0) is 4.79 Å². The molecule has 6 nitrogen and oxygen atoms in total. The van der Waals surface area contributed by atoms with E-state index in [1.54, 1.807) is 37.3 Å². The fourth-order valence-electron chi connectivity index (χ4n) is 2.17. The number of rotatable bonds is 5. The summed E-state index contributed by atoms with van der Waals surface area (Å²) in [6.45, 7) is 1.67. The molecule has 1 amide bonds. The number of carboxylic acid groups (broad SMARTS) is 1. The first-order valence-electron chi connectivity index (χ1n) is 6.74. The molecule has 3 N–H and O–H groups in total. The Morgan fingerprint density at radius 3 is 2.50 bits per heavy atom. The van der Waals surface area contributed by atoms with Crippen LogP contribution in [0.25, 0.3) is 0 Å². The highest BCUT2D eigenvalue weighted by molar-refractivity contribution is 5.94. The minimum absolute atomic E-state index is 0.201. The Kier molecular flexibility index (Phi) is 4.73. The summed E-state index contributed by atoms with van der Waals surface area (Å²) in [4.78, 5) is 37.2. The van der Waals surface area contributed by atoms with E-state index in [2.05, 4.69) is 10.3 Å². The van der Waals surface area contributed by atoms with Crippen LogP contribution in [0.4, 0.5) is 0 Å². The van der Waals surface area contributed by atoms with E-state index >= 15 is 0 Å². The molecule has 0 radical (unpaired) electrons. The minimum Gasteiger partial charge on any atom is -0.481 e. The van der Waals surface area contributed by atoms with Gasteiger partial charge in [0.05, 0.1) is 12.5 Å². The van der Waals surface area contributed by atoms with E-state index in [1.165, 1.54) is 6.07 Å². The van der Waals surface area contributed by atoms with Gasteiger partial charge in [0.1, 0.15) is 0 Å². The molecule has 0 aliphatic rings. The minimum atomic E-state index is -1.02. The molecule has 22 heavy (non-hydrogen) atoms. The normalized spacial score (nSPS) is 11.7. The van der Waals surface area contributed by atoms with E-state index in [-0.39, 0.29) is 17.5 Å². The van der Waals surface area contributed by atoms with Crippen LogP contribution in [0.3, 0.4) is 0 Å². The number of H-pyrrole nitrogens is 1. The van der Waals surface area contributed by atoms with Crippen LogP contribution in [-0.4, -0.2) is 22.0 Å². The monoisotopic (exact) mass is 300 g/mol. The number of nitrogens with one attached hydrogen (secondary N) is 2. The summed E-state index contributed by atoms with van der Waals surface area (Å²) in [5.41, 5.74) is 1.08. The number of benzene rings is 1. The van der Waals surface area contributed by atoms with Gasteiger partial charge >= 0.3 is 5.97 Å². The summed E-state index contributed by atoms with van der Waals surface area (Å²) >= 11 is 0. The predicted molar refractivity (Wildman–Crippen MR) is 80.7 cm³/mol. The van der Waals surface area contributed by atoms with Crippen LogP contribution < -0.4 is 10.9 Å². The maximum absolute atomic E-state index is 12.3. The molecular weight excluding hydrogens is 284 g/mol. The van der Waals surface area contributed by atoms with Crippen molar-refractivity contribution in [2.45, 2.75) is 19.4 Å². The summed E-state index contributed by atoms with van der Waals surface area (Å²) in [6.07, 6.45) is -0.238. The van der Waals surface area contributed by atoms with E-state index in [0.717, 1.165) is 0 Å². The van der Waals surface area contributed by atoms with Gasteiger partial charge in [-0.3, -0.25) is 14.4 Å². The van der Waals surface area contributed by atoms with Gasteiger partial charge in [-0.1, -0.05) is 30.3 Å². The van der Waals surface area contributed by atoms with Gasteiger partial charge in [0.2, 0.25) is 5.56 Å². The summed E-state index contributed by atoms with van der Waals surface area (Å²) in [6, 6.07) is 10.9. The molecule has 2 rings (SSSR count). The van der Waals surface area contributed by atoms with Crippen molar-refractivity contribution in [1.29, 1.82) is 0 Å². The zero-order valence-corrected chi connectivity index (χ0v) is 12.0. The number of carboxylic acids is 1. The Morgan fingerprint density at radius 1 is 1.23 bits per heavy atom. The second kappa shape index (κ2) is 6.71. The van der Waals surface area contributed by atoms with Crippen LogP contribution >= 0.6 is 0 Å². The van der Waals surface area contributed by atoms with Gasteiger partial charge in [0.15, 0.2) is 0 Å². The molecule has 0 fully saturated rings. The van der Waals surface area contributed by atoms with Crippen molar-refractivity contribution in [3.05, 3.63) is 69.6 Å². The number of aromatic nitrogens is 1. The Bertz CT molecular complexity index is 737. The zero-order valence-electron chi connectivity index (χ0n) is 12.0. The molecule has 1 unspecified atom stereocenters. The van der Waals surface area contributed by atoms with Crippen molar-refractivity contribution in [3.63, 3.8) is 0 Å².